The highest BCUT2D eigenvalue weighted by molar-refractivity contribution is 8.09. The first-order valence-corrected chi connectivity index (χ1v) is 15.1. The van der Waals surface area contributed by atoms with E-state index in [1.54, 1.807) is 4.57 Å². The molecule has 6 N–H and O–H groups in total. The third-order valence-electron chi connectivity index (χ3n) is 7.21. The number of nitrogens with zero attached hydrogens (tertiary/aromatic N) is 6. The van der Waals surface area contributed by atoms with Gasteiger partial charge in [0.05, 0.1) is 49.1 Å². The average molecular weight is 597 g/mol. The molecule has 1 unspecified atom stereocenters. The molecule has 4 aromatic heterocycles. The van der Waals surface area contributed by atoms with Gasteiger partial charge >= 0.3 is 0 Å². The van der Waals surface area contributed by atoms with Crippen molar-refractivity contribution in [1.29, 1.82) is 0 Å². The number of hydrogen-bond donors (Lipinski definition) is 5. The fraction of sp³-hybridized carbons (Fsp3) is 0.500. The third kappa shape index (κ3) is 4.61. The van der Waals surface area contributed by atoms with Crippen LogP contribution in [0.3, 0.4) is 0 Å². The summed E-state index contributed by atoms with van der Waals surface area (Å²) < 4.78 is 35.6. The van der Waals surface area contributed by atoms with Crippen LogP contribution < -0.4 is 11.3 Å². The number of halogens is 1. The van der Waals surface area contributed by atoms with E-state index in [1.165, 1.54) is 35.8 Å². The van der Waals surface area contributed by atoms with Crippen molar-refractivity contribution < 1.29 is 33.5 Å². The van der Waals surface area contributed by atoms with Crippen molar-refractivity contribution in [2.45, 2.75) is 55.4 Å². The maximum Gasteiger partial charge on any atom is 0.260 e. The number of aliphatic hydroxyl groups is 2. The molecule has 40 heavy (non-hydrogen) atoms. The molecular formula is C22H26FN8O7PS. The van der Waals surface area contributed by atoms with Gasteiger partial charge in [-0.1, -0.05) is 0 Å². The molecule has 6 heterocycles. The van der Waals surface area contributed by atoms with E-state index < -0.39 is 49.1 Å². The Morgan fingerprint density at radius 2 is 2.05 bits per heavy atom. The Hall–Kier alpha value is -2.89. The van der Waals surface area contributed by atoms with E-state index in [-0.39, 0.29) is 48.5 Å². The second-order valence-corrected chi connectivity index (χ2v) is 13.2. The Kier molecular flexibility index (Phi) is 7.16. The molecule has 2 aliphatic rings. The summed E-state index contributed by atoms with van der Waals surface area (Å²) >= 11 is 5.52. The summed E-state index contributed by atoms with van der Waals surface area (Å²) in [5, 5.41) is 20.5. The highest BCUT2D eigenvalue weighted by atomic mass is 32.5. The minimum absolute atomic E-state index is 0.0175. The fourth-order valence-electron chi connectivity index (χ4n) is 5.20. The Labute approximate surface area is 229 Å². The lowest BCUT2D eigenvalue weighted by atomic mass is 10.1. The van der Waals surface area contributed by atoms with Gasteiger partial charge in [-0.2, -0.15) is 0 Å². The molecule has 4 aromatic rings. The van der Waals surface area contributed by atoms with Crippen LogP contribution in [0.25, 0.3) is 22.2 Å². The number of aliphatic hydroxyl groups excluding tert-OH is 2. The van der Waals surface area contributed by atoms with Crippen molar-refractivity contribution >= 4 is 46.3 Å². The lowest BCUT2D eigenvalue weighted by Gasteiger charge is -2.27. The first-order chi connectivity index (χ1) is 19.2. The van der Waals surface area contributed by atoms with Crippen LogP contribution in [0.5, 0.6) is 0 Å². The zero-order valence-corrected chi connectivity index (χ0v) is 22.4. The first kappa shape index (κ1) is 27.3. The molecule has 2 aliphatic heterocycles. The van der Waals surface area contributed by atoms with Gasteiger partial charge in [0.2, 0.25) is 0 Å². The van der Waals surface area contributed by atoms with Crippen LogP contribution in [0, 0.1) is 0 Å². The standard InChI is InChI=1S/C22H26FN8O7PS/c23-14-16(33)12(38-22(14)30-3-1-11-18(30)26-8-28-20(11)34)2-4-36-39(35,40)13-5-10(6-32)37-21(13)31-9-29-15-17(24)25-7-27-19(15)31/h1,3,7-10,12-14,16,21-22,32-33H,2,4-6H2,(H,35,40)(H2,24,25,27)(H,26,28,34)/t10-,12+,13+,14-,16+,21+,22+,39?/m0/s1. The maximum atomic E-state index is 15.1. The van der Waals surface area contributed by atoms with Crippen molar-refractivity contribution in [3.8, 4) is 0 Å². The van der Waals surface area contributed by atoms with E-state index in [9.17, 15) is 19.9 Å². The SMILES string of the molecule is Nc1ncnc2c1ncn2[C@@H]1O[C@H](CO)C[C@H]1P(O)(=S)OCC[C@H]1O[C@@H](n2ccc3c(=O)[nH]cnc32)[C@@H](F)[C@@H]1O. The van der Waals surface area contributed by atoms with Crippen molar-refractivity contribution in [3.63, 3.8) is 0 Å². The highest BCUT2D eigenvalue weighted by Crippen LogP contribution is 2.57. The molecule has 0 radical (unpaired) electrons. The second kappa shape index (κ2) is 10.5. The summed E-state index contributed by atoms with van der Waals surface area (Å²) in [5.74, 6) is 0.173. The monoisotopic (exact) mass is 596 g/mol. The Morgan fingerprint density at radius 3 is 2.85 bits per heavy atom. The zero-order chi connectivity index (χ0) is 28.2. The largest absolute Gasteiger partial charge is 0.394 e. The van der Waals surface area contributed by atoms with Crippen LogP contribution in [-0.2, 0) is 25.8 Å². The van der Waals surface area contributed by atoms with E-state index in [1.807, 2.05) is 0 Å². The quantitative estimate of drug-likeness (QED) is 0.171. The molecule has 0 amide bonds. The van der Waals surface area contributed by atoms with Crippen LogP contribution in [0.4, 0.5) is 10.2 Å². The molecule has 214 valence electrons. The first-order valence-electron chi connectivity index (χ1n) is 12.4. The van der Waals surface area contributed by atoms with Crippen LogP contribution in [0.15, 0.2) is 36.0 Å². The van der Waals surface area contributed by atoms with E-state index in [4.69, 9.17) is 31.5 Å². The average Bonchev–Trinajstić information content (AvgIpc) is 3.71. The number of rotatable bonds is 8. The van der Waals surface area contributed by atoms with Crippen molar-refractivity contribution in [2.75, 3.05) is 18.9 Å². The van der Waals surface area contributed by atoms with Gasteiger partial charge in [-0.15, -0.1) is 0 Å². The van der Waals surface area contributed by atoms with Crippen LogP contribution >= 0.6 is 6.49 Å². The molecule has 0 bridgehead atoms. The Morgan fingerprint density at radius 1 is 1.23 bits per heavy atom. The number of aromatic nitrogens is 7. The van der Waals surface area contributed by atoms with Crippen molar-refractivity contribution in [1.82, 2.24) is 34.1 Å². The number of imidazole rings is 1. The van der Waals surface area contributed by atoms with E-state index in [2.05, 4.69) is 24.9 Å². The topological polar surface area (TPSA) is 209 Å². The fourth-order valence-corrected chi connectivity index (χ4v) is 7.59. The number of ether oxygens (including phenoxy) is 2. The molecule has 6 rings (SSSR count). The third-order valence-corrected chi connectivity index (χ3v) is 10.2. The molecule has 8 atom stereocenters. The molecular weight excluding hydrogens is 570 g/mol. The summed E-state index contributed by atoms with van der Waals surface area (Å²) in [4.78, 5) is 42.2. The summed E-state index contributed by atoms with van der Waals surface area (Å²) in [6.07, 6.45) is -1.34. The zero-order valence-electron chi connectivity index (χ0n) is 20.7. The van der Waals surface area contributed by atoms with Crippen LogP contribution in [0.2, 0.25) is 0 Å². The lowest BCUT2D eigenvalue weighted by molar-refractivity contribution is -0.0308. The Bertz CT molecular complexity index is 1650. The van der Waals surface area contributed by atoms with Gasteiger partial charge in [-0.3, -0.25) is 9.36 Å². The summed E-state index contributed by atoms with van der Waals surface area (Å²) in [7, 11) is 0. The van der Waals surface area contributed by atoms with E-state index in [0.717, 1.165) is 0 Å². The van der Waals surface area contributed by atoms with E-state index in [0.29, 0.717) is 11.2 Å². The predicted molar refractivity (Wildman–Crippen MR) is 141 cm³/mol. The number of hydrogen-bond acceptors (Lipinski definition) is 12. The predicted octanol–water partition coefficient (Wildman–Crippen LogP) is 0.1000. The Balaban J connectivity index is 1.15. The summed E-state index contributed by atoms with van der Waals surface area (Å²) in [6.45, 7) is -4.03. The van der Waals surface area contributed by atoms with Crippen LogP contribution in [0.1, 0.15) is 25.3 Å². The van der Waals surface area contributed by atoms with Gasteiger partial charge in [-0.05, 0) is 24.3 Å². The number of nitrogens with two attached hydrogens (primary N) is 1. The van der Waals surface area contributed by atoms with Crippen LogP contribution in [-0.4, -0.2) is 92.5 Å². The van der Waals surface area contributed by atoms with E-state index >= 15 is 4.39 Å². The van der Waals surface area contributed by atoms with Gasteiger partial charge in [0.1, 0.15) is 29.8 Å². The number of nitrogens with one attached hydrogen (secondary N) is 1. The van der Waals surface area contributed by atoms with Gasteiger partial charge in [0.15, 0.2) is 30.4 Å². The maximum absolute atomic E-state index is 15.1. The molecule has 0 saturated carbocycles. The molecule has 18 heteroatoms. The number of nitrogen functional groups attached to an aromatic ring is 1. The normalized spacial score (nSPS) is 30.4. The number of anilines is 1. The number of H-pyrrole nitrogens is 1. The minimum Gasteiger partial charge on any atom is -0.394 e. The van der Waals surface area contributed by atoms with Gasteiger partial charge in [0.25, 0.3) is 5.56 Å². The number of fused-ring (bicyclic) bond motifs is 2. The smallest absolute Gasteiger partial charge is 0.260 e. The molecule has 15 nitrogen and oxygen atoms in total. The lowest BCUT2D eigenvalue weighted by Crippen LogP contribution is -2.29. The van der Waals surface area contributed by atoms with Gasteiger partial charge in [0, 0.05) is 12.6 Å². The van der Waals surface area contributed by atoms with Gasteiger partial charge in [-0.25, -0.2) is 24.3 Å². The number of alkyl halides is 1. The molecule has 2 fully saturated rings. The molecule has 0 aromatic carbocycles. The minimum atomic E-state index is -3.58. The highest BCUT2D eigenvalue weighted by Gasteiger charge is 2.47. The van der Waals surface area contributed by atoms with Gasteiger partial charge < -0.3 is 44.4 Å². The molecule has 0 spiro atoms. The van der Waals surface area contributed by atoms with Crippen molar-refractivity contribution in [2.24, 2.45) is 0 Å². The molecule has 0 aliphatic carbocycles. The second-order valence-electron chi connectivity index (χ2n) is 9.60. The summed E-state index contributed by atoms with van der Waals surface area (Å²) in [5.41, 5.74) is 5.71. The molecule has 2 saturated heterocycles. The van der Waals surface area contributed by atoms with Crippen molar-refractivity contribution in [3.05, 3.63) is 41.6 Å². The number of aromatic amines is 1. The summed E-state index contributed by atoms with van der Waals surface area (Å²) in [6, 6.07) is 1.49.